The number of benzene rings is 1. The lowest BCUT2D eigenvalue weighted by Crippen LogP contribution is -2.06. The summed E-state index contributed by atoms with van der Waals surface area (Å²) in [6.45, 7) is 2.72. The van der Waals surface area contributed by atoms with Crippen molar-refractivity contribution < 1.29 is 4.74 Å². The smallest absolute Gasteiger partial charge is 0.219 e. The summed E-state index contributed by atoms with van der Waals surface area (Å²) < 4.78 is 5.76. The number of hydrogen-bond donors (Lipinski definition) is 1. The number of nitrogens with one attached hydrogen (secondary N) is 1. The van der Waals surface area contributed by atoms with Gasteiger partial charge in [-0.15, -0.1) is 0 Å². The first-order chi connectivity index (χ1) is 9.63. The molecule has 1 aromatic heterocycles. The molecule has 0 aliphatic heterocycles. The lowest BCUT2D eigenvalue weighted by Gasteiger charge is -2.09. The maximum Gasteiger partial charge on any atom is 0.219 e. The molecule has 0 spiro atoms. The van der Waals surface area contributed by atoms with Crippen molar-refractivity contribution in [2.45, 2.75) is 19.9 Å². The molecule has 5 heteroatoms. The van der Waals surface area contributed by atoms with E-state index >= 15 is 0 Å². The van der Waals surface area contributed by atoms with Gasteiger partial charge < -0.3 is 10.1 Å². The summed E-state index contributed by atoms with van der Waals surface area (Å²) in [6, 6.07) is 7.42. The van der Waals surface area contributed by atoms with E-state index in [0.29, 0.717) is 17.4 Å². The largest absolute Gasteiger partial charge is 0.439 e. The van der Waals surface area contributed by atoms with Crippen molar-refractivity contribution in [3.63, 3.8) is 0 Å². The third-order valence-corrected chi connectivity index (χ3v) is 3.61. The van der Waals surface area contributed by atoms with E-state index in [-0.39, 0.29) is 0 Å². The summed E-state index contributed by atoms with van der Waals surface area (Å²) in [5.41, 5.74) is 2.00. The molecule has 2 aromatic rings. The van der Waals surface area contributed by atoms with Crippen molar-refractivity contribution in [2.75, 3.05) is 7.05 Å². The van der Waals surface area contributed by atoms with Gasteiger partial charge in [0.1, 0.15) is 5.75 Å². The topological polar surface area (TPSA) is 34.1 Å². The molecule has 0 aliphatic rings. The van der Waals surface area contributed by atoms with Crippen LogP contribution in [-0.2, 0) is 13.0 Å². The third-order valence-electron chi connectivity index (χ3n) is 2.90. The molecule has 2 rings (SSSR count). The molecule has 0 bridgehead atoms. The molecule has 0 aliphatic carbocycles. The second kappa shape index (κ2) is 6.93. The number of nitrogens with zero attached hydrogens (tertiary/aromatic N) is 1. The van der Waals surface area contributed by atoms with Gasteiger partial charge in [-0.25, -0.2) is 4.98 Å². The molecule has 3 nitrogen and oxygen atoms in total. The molecule has 0 radical (unpaired) electrons. The van der Waals surface area contributed by atoms with Crippen molar-refractivity contribution in [1.82, 2.24) is 10.3 Å². The molecule has 1 aromatic carbocycles. The number of hydrogen-bond acceptors (Lipinski definition) is 3. The van der Waals surface area contributed by atoms with Crippen LogP contribution in [0.2, 0.25) is 10.0 Å². The fraction of sp³-hybridized carbons (Fsp3) is 0.267. The summed E-state index contributed by atoms with van der Waals surface area (Å²) in [4.78, 5) is 4.18. The van der Waals surface area contributed by atoms with Gasteiger partial charge in [0.25, 0.3) is 0 Å². The standard InChI is InChI=1S/C15H16Cl2N2O/c1-3-10-6-12(4-5-13(10)16)20-15-7-11(8-18-2)14(17)9-19-15/h4-7,9,18H,3,8H2,1-2H3. The molecule has 0 unspecified atom stereocenters. The molecular weight excluding hydrogens is 295 g/mol. The third kappa shape index (κ3) is 3.63. The van der Waals surface area contributed by atoms with Gasteiger partial charge in [-0.2, -0.15) is 0 Å². The second-order valence-electron chi connectivity index (χ2n) is 4.35. The average Bonchev–Trinajstić information content (AvgIpc) is 2.45. The van der Waals surface area contributed by atoms with E-state index in [1.54, 1.807) is 6.20 Å². The van der Waals surface area contributed by atoms with Crippen LogP contribution in [0, 0.1) is 0 Å². The molecular formula is C15H16Cl2N2O. The zero-order chi connectivity index (χ0) is 14.5. The Kier molecular flexibility index (Phi) is 5.24. The summed E-state index contributed by atoms with van der Waals surface area (Å²) in [5, 5.41) is 4.43. The molecule has 0 saturated carbocycles. The first-order valence-electron chi connectivity index (χ1n) is 6.39. The van der Waals surface area contributed by atoms with Crippen LogP contribution in [0.25, 0.3) is 0 Å². The van der Waals surface area contributed by atoms with E-state index in [4.69, 9.17) is 27.9 Å². The summed E-state index contributed by atoms with van der Waals surface area (Å²) in [5.74, 6) is 1.24. The van der Waals surface area contributed by atoms with Crippen LogP contribution in [0.15, 0.2) is 30.5 Å². The molecule has 0 saturated heterocycles. The molecule has 106 valence electrons. The number of aromatic nitrogens is 1. The maximum absolute atomic E-state index is 6.09. The van der Waals surface area contributed by atoms with E-state index in [1.807, 2.05) is 31.3 Å². The summed E-state index contributed by atoms with van der Waals surface area (Å²) in [6.07, 6.45) is 2.45. The van der Waals surface area contributed by atoms with Gasteiger partial charge in [0.2, 0.25) is 5.88 Å². The van der Waals surface area contributed by atoms with Crippen LogP contribution in [0.5, 0.6) is 11.6 Å². The Morgan fingerprint density at radius 2 is 1.95 bits per heavy atom. The Morgan fingerprint density at radius 3 is 2.65 bits per heavy atom. The first kappa shape index (κ1) is 15.1. The van der Waals surface area contributed by atoms with Crippen molar-refractivity contribution in [3.05, 3.63) is 51.6 Å². The minimum absolute atomic E-state index is 0.518. The number of rotatable bonds is 5. The lowest BCUT2D eigenvalue weighted by molar-refractivity contribution is 0.461. The van der Waals surface area contributed by atoms with Crippen LogP contribution >= 0.6 is 23.2 Å². The predicted octanol–water partition coefficient (Wildman–Crippen LogP) is 4.46. The highest BCUT2D eigenvalue weighted by atomic mass is 35.5. The summed E-state index contributed by atoms with van der Waals surface area (Å²) >= 11 is 12.2. The van der Waals surface area contributed by atoms with E-state index in [9.17, 15) is 0 Å². The Labute approximate surface area is 128 Å². The predicted molar refractivity (Wildman–Crippen MR) is 82.9 cm³/mol. The molecule has 0 amide bonds. The van der Waals surface area contributed by atoms with Crippen LogP contribution < -0.4 is 10.1 Å². The molecule has 0 atom stereocenters. The van der Waals surface area contributed by atoms with Gasteiger partial charge in [-0.3, -0.25) is 0 Å². The van der Waals surface area contributed by atoms with Crippen molar-refractivity contribution in [1.29, 1.82) is 0 Å². The lowest BCUT2D eigenvalue weighted by atomic mass is 10.1. The monoisotopic (exact) mass is 310 g/mol. The van der Waals surface area contributed by atoms with Crippen molar-refractivity contribution >= 4 is 23.2 Å². The van der Waals surface area contributed by atoms with Gasteiger partial charge in [0.15, 0.2) is 0 Å². The first-order valence-corrected chi connectivity index (χ1v) is 7.15. The summed E-state index contributed by atoms with van der Waals surface area (Å²) in [7, 11) is 1.87. The highest BCUT2D eigenvalue weighted by molar-refractivity contribution is 6.31. The van der Waals surface area contributed by atoms with Crippen LogP contribution in [-0.4, -0.2) is 12.0 Å². The highest BCUT2D eigenvalue weighted by Gasteiger charge is 2.06. The average molecular weight is 311 g/mol. The number of aryl methyl sites for hydroxylation is 1. The Morgan fingerprint density at radius 1 is 1.15 bits per heavy atom. The fourth-order valence-corrected chi connectivity index (χ4v) is 2.27. The zero-order valence-electron chi connectivity index (χ0n) is 11.4. The van der Waals surface area contributed by atoms with E-state index in [1.165, 1.54) is 0 Å². The minimum Gasteiger partial charge on any atom is -0.439 e. The van der Waals surface area contributed by atoms with Crippen LogP contribution in [0.1, 0.15) is 18.1 Å². The Hall–Kier alpha value is -1.29. The zero-order valence-corrected chi connectivity index (χ0v) is 12.9. The molecule has 1 N–H and O–H groups in total. The minimum atomic E-state index is 0.518. The van der Waals surface area contributed by atoms with Gasteiger partial charge >= 0.3 is 0 Å². The Bertz CT molecular complexity index is 602. The van der Waals surface area contributed by atoms with Gasteiger partial charge in [-0.05, 0) is 42.8 Å². The van der Waals surface area contributed by atoms with Crippen molar-refractivity contribution in [3.8, 4) is 11.6 Å². The van der Waals surface area contributed by atoms with E-state index < -0.39 is 0 Å². The van der Waals surface area contributed by atoms with Crippen LogP contribution in [0.3, 0.4) is 0 Å². The van der Waals surface area contributed by atoms with Crippen LogP contribution in [0.4, 0.5) is 0 Å². The van der Waals surface area contributed by atoms with Gasteiger partial charge in [-0.1, -0.05) is 30.1 Å². The van der Waals surface area contributed by atoms with Crippen molar-refractivity contribution in [2.24, 2.45) is 0 Å². The number of halogens is 2. The fourth-order valence-electron chi connectivity index (χ4n) is 1.85. The normalized spacial score (nSPS) is 10.6. The van der Waals surface area contributed by atoms with Gasteiger partial charge in [0, 0.05) is 23.8 Å². The number of ether oxygens (including phenoxy) is 1. The maximum atomic E-state index is 6.09. The Balaban J connectivity index is 2.23. The van der Waals surface area contributed by atoms with E-state index in [0.717, 1.165) is 28.3 Å². The number of pyridine rings is 1. The quantitative estimate of drug-likeness (QED) is 0.885. The highest BCUT2D eigenvalue weighted by Crippen LogP contribution is 2.27. The second-order valence-corrected chi connectivity index (χ2v) is 5.17. The van der Waals surface area contributed by atoms with Gasteiger partial charge in [0.05, 0.1) is 5.02 Å². The molecule has 1 heterocycles. The molecule has 20 heavy (non-hydrogen) atoms. The van der Waals surface area contributed by atoms with E-state index in [2.05, 4.69) is 17.2 Å². The molecule has 0 fully saturated rings. The SMILES string of the molecule is CCc1cc(Oc2cc(CNC)c(Cl)cn2)ccc1Cl.